The fraction of sp³-hybridized carbons (Fsp3) is 0.417. The monoisotopic (exact) mass is 297 g/mol. The van der Waals surface area contributed by atoms with Crippen LogP contribution in [0.5, 0.6) is 0 Å². The molecule has 5 nitrogen and oxygen atoms in total. The summed E-state index contributed by atoms with van der Waals surface area (Å²) in [7, 11) is 0. The second kappa shape index (κ2) is 6.68. The average Bonchev–Trinajstić information content (AvgIpc) is 2.90. The number of rotatable bonds is 6. The molecule has 0 aliphatic carbocycles. The zero-order valence-electron chi connectivity index (χ0n) is 10.9. The Balaban J connectivity index is 2.12. The molecule has 0 spiro atoms. The van der Waals surface area contributed by atoms with Crippen LogP contribution in [0.2, 0.25) is 5.28 Å². The highest BCUT2D eigenvalue weighted by Gasteiger charge is 2.09. The van der Waals surface area contributed by atoms with E-state index in [2.05, 4.69) is 45.6 Å². The lowest BCUT2D eigenvalue weighted by molar-refractivity contribution is 0.811. The fourth-order valence-corrected chi connectivity index (χ4v) is 2.47. The van der Waals surface area contributed by atoms with Crippen LogP contribution in [-0.2, 0) is 6.54 Å². The van der Waals surface area contributed by atoms with Gasteiger partial charge in [0, 0.05) is 19.6 Å². The Morgan fingerprint density at radius 1 is 1.26 bits per heavy atom. The first-order valence-corrected chi connectivity index (χ1v) is 7.46. The van der Waals surface area contributed by atoms with Crippen LogP contribution < -0.4 is 10.2 Å². The predicted molar refractivity (Wildman–Crippen MR) is 80.0 cm³/mol. The van der Waals surface area contributed by atoms with Gasteiger partial charge in [0.05, 0.1) is 0 Å². The van der Waals surface area contributed by atoms with Gasteiger partial charge in [-0.05, 0) is 47.8 Å². The van der Waals surface area contributed by atoms with Crippen molar-refractivity contribution < 1.29 is 0 Å². The molecular weight excluding hydrogens is 282 g/mol. The third-order valence-electron chi connectivity index (χ3n) is 2.67. The lowest BCUT2D eigenvalue weighted by Crippen LogP contribution is -2.25. The van der Waals surface area contributed by atoms with E-state index in [1.54, 1.807) is 11.3 Å². The molecule has 1 N–H and O–H groups in total. The quantitative estimate of drug-likeness (QED) is 0.888. The minimum atomic E-state index is 0.213. The number of hydrogen-bond donors (Lipinski definition) is 1. The minimum Gasteiger partial charge on any atom is -0.350 e. The van der Waals surface area contributed by atoms with E-state index in [9.17, 15) is 0 Å². The van der Waals surface area contributed by atoms with Gasteiger partial charge >= 0.3 is 0 Å². The molecule has 0 bridgehead atoms. The molecule has 0 saturated carbocycles. The summed E-state index contributed by atoms with van der Waals surface area (Å²) in [5.41, 5.74) is 1.20. The molecule has 0 unspecified atom stereocenters. The first-order chi connectivity index (χ1) is 9.22. The molecule has 2 rings (SSSR count). The summed E-state index contributed by atoms with van der Waals surface area (Å²) in [5, 5.41) is 7.50. The zero-order chi connectivity index (χ0) is 13.7. The SMILES string of the molecule is CCN(CC)c1nc(Cl)nc(NCc2ccsc2)n1. The van der Waals surface area contributed by atoms with Crippen molar-refractivity contribution in [1.29, 1.82) is 0 Å². The molecule has 2 heterocycles. The van der Waals surface area contributed by atoms with E-state index >= 15 is 0 Å². The van der Waals surface area contributed by atoms with Gasteiger partial charge in [-0.25, -0.2) is 0 Å². The van der Waals surface area contributed by atoms with Crippen molar-refractivity contribution >= 4 is 34.8 Å². The third kappa shape index (κ3) is 3.78. The van der Waals surface area contributed by atoms with Crippen LogP contribution >= 0.6 is 22.9 Å². The maximum absolute atomic E-state index is 5.94. The molecule has 0 fully saturated rings. The zero-order valence-corrected chi connectivity index (χ0v) is 12.5. The second-order valence-corrected chi connectivity index (χ2v) is 5.00. The van der Waals surface area contributed by atoms with Crippen LogP contribution in [0.3, 0.4) is 0 Å². The first-order valence-electron chi connectivity index (χ1n) is 6.14. The Morgan fingerprint density at radius 3 is 2.68 bits per heavy atom. The summed E-state index contributed by atoms with van der Waals surface area (Å²) < 4.78 is 0. The normalized spacial score (nSPS) is 10.5. The van der Waals surface area contributed by atoms with Gasteiger partial charge in [-0.15, -0.1) is 0 Å². The average molecular weight is 298 g/mol. The Bertz CT molecular complexity index is 513. The van der Waals surface area contributed by atoms with Crippen LogP contribution in [-0.4, -0.2) is 28.0 Å². The number of nitrogens with one attached hydrogen (secondary N) is 1. The highest BCUT2D eigenvalue weighted by Crippen LogP contribution is 2.14. The van der Waals surface area contributed by atoms with Crippen LogP contribution in [0.15, 0.2) is 16.8 Å². The van der Waals surface area contributed by atoms with Gasteiger partial charge in [-0.1, -0.05) is 0 Å². The Labute approximate surface area is 121 Å². The summed E-state index contributed by atoms with van der Waals surface area (Å²) in [6.45, 7) is 6.46. The first kappa shape index (κ1) is 14.0. The molecule has 0 aliphatic heterocycles. The Kier molecular flexibility index (Phi) is 4.93. The molecule has 2 aromatic rings. The standard InChI is InChI=1S/C12H16ClN5S/c1-3-18(4-2)12-16-10(13)15-11(17-12)14-7-9-5-6-19-8-9/h5-6,8H,3-4,7H2,1-2H3,(H,14,15,16,17). The van der Waals surface area contributed by atoms with E-state index in [0.717, 1.165) is 13.1 Å². The van der Waals surface area contributed by atoms with E-state index in [0.29, 0.717) is 18.4 Å². The number of thiophene rings is 1. The molecule has 102 valence electrons. The highest BCUT2D eigenvalue weighted by atomic mass is 35.5. The van der Waals surface area contributed by atoms with E-state index in [4.69, 9.17) is 11.6 Å². The van der Waals surface area contributed by atoms with Crippen LogP contribution in [0.25, 0.3) is 0 Å². The number of aromatic nitrogens is 3. The van der Waals surface area contributed by atoms with Gasteiger partial charge in [0.25, 0.3) is 0 Å². The van der Waals surface area contributed by atoms with Gasteiger partial charge in [0.2, 0.25) is 17.2 Å². The van der Waals surface area contributed by atoms with Gasteiger partial charge < -0.3 is 10.2 Å². The third-order valence-corrected chi connectivity index (χ3v) is 3.57. The summed E-state index contributed by atoms with van der Waals surface area (Å²) in [6.07, 6.45) is 0. The van der Waals surface area contributed by atoms with Gasteiger partial charge in [0.1, 0.15) is 0 Å². The smallest absolute Gasteiger partial charge is 0.231 e. The number of hydrogen-bond acceptors (Lipinski definition) is 6. The summed E-state index contributed by atoms with van der Waals surface area (Å²) in [4.78, 5) is 14.7. The molecule has 2 aromatic heterocycles. The van der Waals surface area contributed by atoms with Crippen LogP contribution in [0.1, 0.15) is 19.4 Å². The van der Waals surface area contributed by atoms with Crippen molar-refractivity contribution in [3.8, 4) is 0 Å². The van der Waals surface area contributed by atoms with Crippen molar-refractivity contribution in [2.45, 2.75) is 20.4 Å². The lowest BCUT2D eigenvalue weighted by atomic mass is 10.3. The predicted octanol–water partition coefficient (Wildman–Crippen LogP) is 3.04. The number of anilines is 2. The summed E-state index contributed by atoms with van der Waals surface area (Å²) in [6, 6.07) is 2.06. The van der Waals surface area contributed by atoms with E-state index in [-0.39, 0.29) is 5.28 Å². The molecule has 19 heavy (non-hydrogen) atoms. The number of nitrogens with zero attached hydrogens (tertiary/aromatic N) is 4. The fourth-order valence-electron chi connectivity index (χ4n) is 1.64. The van der Waals surface area contributed by atoms with Crippen LogP contribution in [0, 0.1) is 0 Å². The van der Waals surface area contributed by atoms with Crippen molar-refractivity contribution in [2.24, 2.45) is 0 Å². The molecular formula is C12H16ClN5S. The molecule has 0 saturated heterocycles. The molecule has 0 atom stereocenters. The van der Waals surface area contributed by atoms with Crippen molar-refractivity contribution in [2.75, 3.05) is 23.3 Å². The maximum Gasteiger partial charge on any atom is 0.231 e. The van der Waals surface area contributed by atoms with Gasteiger partial charge in [-0.2, -0.15) is 26.3 Å². The molecule has 0 amide bonds. The van der Waals surface area contributed by atoms with Crippen molar-refractivity contribution in [3.05, 3.63) is 27.7 Å². The summed E-state index contributed by atoms with van der Waals surface area (Å²) >= 11 is 7.61. The molecule has 0 aliphatic rings. The Morgan fingerprint density at radius 2 is 2.05 bits per heavy atom. The van der Waals surface area contributed by atoms with E-state index < -0.39 is 0 Å². The van der Waals surface area contributed by atoms with E-state index in [1.165, 1.54) is 5.56 Å². The lowest BCUT2D eigenvalue weighted by Gasteiger charge is -2.18. The topological polar surface area (TPSA) is 53.9 Å². The molecule has 0 radical (unpaired) electrons. The molecule has 7 heteroatoms. The maximum atomic E-state index is 5.94. The summed E-state index contributed by atoms with van der Waals surface area (Å²) in [5.74, 6) is 1.12. The highest BCUT2D eigenvalue weighted by molar-refractivity contribution is 7.07. The Hall–Kier alpha value is -1.40. The largest absolute Gasteiger partial charge is 0.350 e. The van der Waals surface area contributed by atoms with Crippen LogP contribution in [0.4, 0.5) is 11.9 Å². The van der Waals surface area contributed by atoms with Crippen molar-refractivity contribution in [1.82, 2.24) is 15.0 Å². The van der Waals surface area contributed by atoms with Crippen molar-refractivity contribution in [3.63, 3.8) is 0 Å². The second-order valence-electron chi connectivity index (χ2n) is 3.89. The van der Waals surface area contributed by atoms with Gasteiger partial charge in [-0.3, -0.25) is 0 Å². The molecule has 0 aromatic carbocycles. The number of halogens is 1. The van der Waals surface area contributed by atoms with E-state index in [1.807, 2.05) is 10.3 Å². The minimum absolute atomic E-state index is 0.213. The van der Waals surface area contributed by atoms with Gasteiger partial charge in [0.15, 0.2) is 0 Å².